The summed E-state index contributed by atoms with van der Waals surface area (Å²) in [5, 5.41) is 8.97. The Morgan fingerprint density at radius 1 is 1.47 bits per heavy atom. The largest absolute Gasteiger partial charge is 0.497 e. The molecule has 0 aliphatic carbocycles. The van der Waals surface area contributed by atoms with Crippen molar-refractivity contribution in [1.82, 2.24) is 4.72 Å². The lowest BCUT2D eigenvalue weighted by molar-refractivity contribution is 0.413. The average Bonchev–Trinajstić information content (AvgIpc) is 2.35. The van der Waals surface area contributed by atoms with Gasteiger partial charge in [0.2, 0.25) is 14.4 Å². The number of ether oxygens (including phenoxy) is 1. The third-order valence-corrected chi connectivity index (χ3v) is 3.54. The second-order valence-corrected chi connectivity index (χ2v) is 7.00. The summed E-state index contributed by atoms with van der Waals surface area (Å²) in [7, 11) is -2.13. The lowest BCUT2D eigenvalue weighted by Crippen LogP contribution is -2.38. The summed E-state index contributed by atoms with van der Waals surface area (Å²) < 4.78 is 28.1. The summed E-state index contributed by atoms with van der Waals surface area (Å²) >= 11 is 11.7. The van der Waals surface area contributed by atoms with Gasteiger partial charge >= 0.3 is 0 Å². The van der Waals surface area contributed by atoms with Crippen LogP contribution in [0.15, 0.2) is 24.3 Å². The first-order valence-electron chi connectivity index (χ1n) is 5.10. The molecule has 0 saturated carbocycles. The molecule has 1 N–H and O–H groups in total. The van der Waals surface area contributed by atoms with Gasteiger partial charge in [-0.25, -0.2) is 13.1 Å². The van der Waals surface area contributed by atoms with Crippen LogP contribution >= 0.6 is 23.2 Å². The standard InChI is InChI=1S/C11H12Cl2N2O3S/c1-18-9-5-3-4-8(6-9)10(11(12,13)7-14)15-19(2,16)17/h3-6,10,15H,1-2H3. The minimum absolute atomic E-state index is 0.427. The van der Waals surface area contributed by atoms with Crippen LogP contribution < -0.4 is 9.46 Å². The van der Waals surface area contributed by atoms with Crippen molar-refractivity contribution in [1.29, 1.82) is 5.26 Å². The number of nitrogens with zero attached hydrogens (tertiary/aromatic N) is 1. The van der Waals surface area contributed by atoms with Crippen LogP contribution in [0.3, 0.4) is 0 Å². The third kappa shape index (κ3) is 4.55. The number of hydrogen-bond donors (Lipinski definition) is 1. The first kappa shape index (κ1) is 16.1. The third-order valence-electron chi connectivity index (χ3n) is 2.27. The van der Waals surface area contributed by atoms with Crippen LogP contribution in [-0.2, 0) is 10.0 Å². The van der Waals surface area contributed by atoms with Crippen LogP contribution in [0.4, 0.5) is 0 Å². The highest BCUT2D eigenvalue weighted by Crippen LogP contribution is 2.36. The number of benzene rings is 1. The van der Waals surface area contributed by atoms with Crippen molar-refractivity contribution < 1.29 is 13.2 Å². The minimum atomic E-state index is -3.60. The molecular weight excluding hydrogens is 311 g/mol. The molecule has 0 aliphatic heterocycles. The van der Waals surface area contributed by atoms with Gasteiger partial charge in [0.15, 0.2) is 0 Å². The monoisotopic (exact) mass is 322 g/mol. The Kier molecular flexibility index (Phi) is 5.04. The molecule has 1 unspecified atom stereocenters. The normalized spacial score (nSPS) is 13.6. The van der Waals surface area contributed by atoms with Gasteiger partial charge in [0.25, 0.3) is 0 Å². The predicted octanol–water partition coefficient (Wildman–Crippen LogP) is 1.98. The summed E-state index contributed by atoms with van der Waals surface area (Å²) in [6, 6.07) is 7.04. The lowest BCUT2D eigenvalue weighted by Gasteiger charge is -2.24. The van der Waals surface area contributed by atoms with Crippen molar-refractivity contribution in [2.75, 3.05) is 13.4 Å². The number of halogens is 2. The van der Waals surface area contributed by atoms with E-state index in [9.17, 15) is 8.42 Å². The number of sulfonamides is 1. The lowest BCUT2D eigenvalue weighted by atomic mass is 10.0. The first-order chi connectivity index (χ1) is 8.69. The molecular formula is C11H12Cl2N2O3S. The molecule has 0 saturated heterocycles. The Labute approximate surface area is 122 Å². The van der Waals surface area contributed by atoms with E-state index < -0.39 is 20.4 Å². The van der Waals surface area contributed by atoms with E-state index in [4.69, 9.17) is 33.2 Å². The maximum atomic E-state index is 11.4. The van der Waals surface area contributed by atoms with Gasteiger partial charge in [-0.3, -0.25) is 0 Å². The average molecular weight is 323 g/mol. The van der Waals surface area contributed by atoms with Crippen LogP contribution in [0.2, 0.25) is 0 Å². The number of hydrogen-bond acceptors (Lipinski definition) is 4. The number of nitrogens with one attached hydrogen (secondary N) is 1. The van der Waals surface area contributed by atoms with Crippen molar-refractivity contribution >= 4 is 33.2 Å². The van der Waals surface area contributed by atoms with E-state index in [2.05, 4.69) is 4.72 Å². The van der Waals surface area contributed by atoms with Crippen molar-refractivity contribution in [3.8, 4) is 11.8 Å². The second-order valence-electron chi connectivity index (χ2n) is 3.83. The molecule has 1 aromatic carbocycles. The van der Waals surface area contributed by atoms with E-state index in [1.54, 1.807) is 30.3 Å². The Balaban J connectivity index is 3.27. The maximum absolute atomic E-state index is 11.4. The molecule has 8 heteroatoms. The molecule has 104 valence electrons. The van der Waals surface area contributed by atoms with Crippen LogP contribution in [-0.4, -0.2) is 26.1 Å². The van der Waals surface area contributed by atoms with Gasteiger partial charge < -0.3 is 4.74 Å². The zero-order valence-electron chi connectivity index (χ0n) is 10.2. The van der Waals surface area contributed by atoms with Crippen molar-refractivity contribution in [2.45, 2.75) is 10.4 Å². The van der Waals surface area contributed by atoms with Gasteiger partial charge in [-0.15, -0.1) is 0 Å². The quantitative estimate of drug-likeness (QED) is 0.841. The van der Waals surface area contributed by atoms with E-state index >= 15 is 0 Å². The molecule has 5 nitrogen and oxygen atoms in total. The molecule has 0 heterocycles. The Bertz CT molecular complexity index is 596. The summed E-state index contributed by atoms with van der Waals surface area (Å²) in [6.45, 7) is 0. The molecule has 0 amide bonds. The molecule has 1 atom stereocenters. The number of alkyl halides is 2. The molecule has 19 heavy (non-hydrogen) atoms. The molecule has 0 aliphatic rings. The van der Waals surface area contributed by atoms with E-state index in [-0.39, 0.29) is 0 Å². The van der Waals surface area contributed by atoms with Crippen LogP contribution in [0.5, 0.6) is 5.75 Å². The molecule has 0 radical (unpaired) electrons. The fourth-order valence-corrected chi connectivity index (χ4v) is 2.68. The Hall–Kier alpha value is -1.00. The maximum Gasteiger partial charge on any atom is 0.223 e. The number of nitriles is 1. The molecule has 1 aromatic rings. The van der Waals surface area contributed by atoms with Gasteiger partial charge in [0.05, 0.1) is 19.4 Å². The highest BCUT2D eigenvalue weighted by atomic mass is 35.5. The SMILES string of the molecule is COc1cccc(C(NS(C)(=O)=O)C(Cl)(Cl)C#N)c1. The smallest absolute Gasteiger partial charge is 0.223 e. The van der Waals surface area contributed by atoms with Gasteiger partial charge in [-0.2, -0.15) is 5.26 Å². The fraction of sp³-hybridized carbons (Fsp3) is 0.364. The van der Waals surface area contributed by atoms with Gasteiger partial charge in [0, 0.05) is 0 Å². The molecule has 0 aromatic heterocycles. The molecule has 0 bridgehead atoms. The van der Waals surface area contributed by atoms with Gasteiger partial charge in [-0.05, 0) is 17.7 Å². The van der Waals surface area contributed by atoms with Crippen molar-refractivity contribution in [2.24, 2.45) is 0 Å². The highest BCUT2D eigenvalue weighted by Gasteiger charge is 2.38. The zero-order valence-corrected chi connectivity index (χ0v) is 12.6. The summed E-state index contributed by atoms with van der Waals surface area (Å²) in [6.07, 6.45) is 0.960. The van der Waals surface area contributed by atoms with E-state index in [0.717, 1.165) is 6.26 Å². The van der Waals surface area contributed by atoms with Gasteiger partial charge in [-0.1, -0.05) is 35.3 Å². The summed E-state index contributed by atoms with van der Waals surface area (Å²) in [5.74, 6) is 0.500. The zero-order chi connectivity index (χ0) is 14.7. The number of methoxy groups -OCH3 is 1. The van der Waals surface area contributed by atoms with E-state index in [1.165, 1.54) is 7.11 Å². The van der Waals surface area contributed by atoms with E-state index in [1.807, 2.05) is 0 Å². The second kappa shape index (κ2) is 5.97. The van der Waals surface area contributed by atoms with Gasteiger partial charge in [0.1, 0.15) is 11.8 Å². The fourth-order valence-electron chi connectivity index (χ4n) is 1.45. The molecule has 0 fully saturated rings. The van der Waals surface area contributed by atoms with Crippen molar-refractivity contribution in [3.63, 3.8) is 0 Å². The van der Waals surface area contributed by atoms with Crippen LogP contribution in [0.1, 0.15) is 11.6 Å². The first-order valence-corrected chi connectivity index (χ1v) is 7.74. The topological polar surface area (TPSA) is 79.2 Å². The minimum Gasteiger partial charge on any atom is -0.497 e. The Morgan fingerprint density at radius 2 is 2.11 bits per heavy atom. The predicted molar refractivity (Wildman–Crippen MR) is 73.8 cm³/mol. The van der Waals surface area contributed by atoms with Crippen molar-refractivity contribution in [3.05, 3.63) is 29.8 Å². The van der Waals surface area contributed by atoms with Crippen LogP contribution in [0, 0.1) is 11.3 Å². The van der Waals surface area contributed by atoms with E-state index in [0.29, 0.717) is 11.3 Å². The summed E-state index contributed by atoms with van der Waals surface area (Å²) in [5.41, 5.74) is 0.427. The highest BCUT2D eigenvalue weighted by molar-refractivity contribution is 7.88. The molecule has 1 rings (SSSR count). The Morgan fingerprint density at radius 3 is 2.58 bits per heavy atom. The molecule has 0 spiro atoms. The summed E-state index contributed by atoms with van der Waals surface area (Å²) in [4.78, 5) is 0. The number of rotatable bonds is 5. The van der Waals surface area contributed by atoms with Crippen LogP contribution in [0.25, 0.3) is 0 Å².